The Bertz CT molecular complexity index is 306. The predicted octanol–water partition coefficient (Wildman–Crippen LogP) is 3.11. The topological polar surface area (TPSA) is 30.5 Å². The zero-order chi connectivity index (χ0) is 12.5. The molecule has 0 amide bonds. The van der Waals surface area contributed by atoms with Gasteiger partial charge in [0, 0.05) is 19.8 Å². The number of hydrogen-bond acceptors (Lipinski definition) is 4. The lowest BCUT2D eigenvalue weighted by atomic mass is 10.2. The van der Waals surface area contributed by atoms with Crippen LogP contribution in [0.25, 0.3) is 0 Å². The fraction of sp³-hybridized carbons (Fsp3) is 0.667. The normalized spacial score (nSPS) is 12.9. The lowest BCUT2D eigenvalue weighted by Crippen LogP contribution is -2.20. The maximum Gasteiger partial charge on any atom is 0.0931 e. The van der Waals surface area contributed by atoms with Gasteiger partial charge in [-0.25, -0.2) is 0 Å². The van der Waals surface area contributed by atoms with Crippen molar-refractivity contribution in [2.45, 2.75) is 19.4 Å². The van der Waals surface area contributed by atoms with Crippen molar-refractivity contribution in [2.75, 3.05) is 33.5 Å². The van der Waals surface area contributed by atoms with E-state index in [1.807, 2.05) is 6.07 Å². The van der Waals surface area contributed by atoms with Crippen molar-refractivity contribution in [1.29, 1.82) is 0 Å². The molecule has 98 valence electrons. The van der Waals surface area contributed by atoms with Gasteiger partial charge in [0.2, 0.25) is 0 Å². The first-order chi connectivity index (χ1) is 8.24. The highest BCUT2D eigenvalue weighted by Gasteiger charge is 2.06. The number of thiophene rings is 1. The molecule has 1 aromatic rings. The highest BCUT2D eigenvalue weighted by atomic mass is 35.5. The molecule has 0 aromatic carbocycles. The van der Waals surface area contributed by atoms with Crippen LogP contribution in [0, 0.1) is 0 Å². The highest BCUT2D eigenvalue weighted by Crippen LogP contribution is 2.24. The molecule has 1 aromatic heterocycles. The number of nitrogens with one attached hydrogen (secondary N) is 1. The monoisotopic (exact) mass is 277 g/mol. The quantitative estimate of drug-likeness (QED) is 0.704. The number of halogens is 1. The third-order valence-electron chi connectivity index (χ3n) is 2.44. The summed E-state index contributed by atoms with van der Waals surface area (Å²) in [5, 5.41) is 5.53. The van der Waals surface area contributed by atoms with Crippen molar-refractivity contribution in [1.82, 2.24) is 5.32 Å². The lowest BCUT2D eigenvalue weighted by molar-refractivity contribution is 0.0693. The number of hydrogen-bond donors (Lipinski definition) is 1. The van der Waals surface area contributed by atoms with Crippen LogP contribution in [-0.4, -0.2) is 33.5 Å². The fourth-order valence-electron chi connectivity index (χ4n) is 1.41. The summed E-state index contributed by atoms with van der Waals surface area (Å²) in [7, 11) is 1.68. The molecule has 1 heterocycles. The molecule has 1 rings (SSSR count). The minimum Gasteiger partial charge on any atom is -0.382 e. The molecule has 0 saturated heterocycles. The van der Waals surface area contributed by atoms with Gasteiger partial charge in [-0.3, -0.25) is 0 Å². The third-order valence-corrected chi connectivity index (χ3v) is 3.54. The molecule has 1 N–H and O–H groups in total. The van der Waals surface area contributed by atoms with Crippen LogP contribution in [0.5, 0.6) is 0 Å². The molecular formula is C12H20ClNO2S. The van der Waals surface area contributed by atoms with E-state index in [2.05, 4.69) is 17.6 Å². The lowest BCUT2D eigenvalue weighted by Gasteiger charge is -2.12. The Morgan fingerprint density at radius 3 is 2.88 bits per heavy atom. The van der Waals surface area contributed by atoms with Crippen molar-refractivity contribution in [3.05, 3.63) is 21.3 Å². The van der Waals surface area contributed by atoms with Crippen LogP contribution in [-0.2, 0) is 9.47 Å². The summed E-state index contributed by atoms with van der Waals surface area (Å²) in [6.45, 7) is 5.20. The summed E-state index contributed by atoms with van der Waals surface area (Å²) < 4.78 is 11.1. The summed E-state index contributed by atoms with van der Waals surface area (Å²) >= 11 is 7.47. The average Bonchev–Trinajstić information content (AvgIpc) is 2.74. The largest absolute Gasteiger partial charge is 0.382 e. The van der Waals surface area contributed by atoms with Gasteiger partial charge in [-0.15, -0.1) is 11.3 Å². The van der Waals surface area contributed by atoms with E-state index in [1.165, 1.54) is 5.56 Å². The maximum atomic E-state index is 5.90. The zero-order valence-electron chi connectivity index (χ0n) is 10.4. The van der Waals surface area contributed by atoms with Gasteiger partial charge in [0.15, 0.2) is 0 Å². The Balaban J connectivity index is 2.03. The molecule has 0 aliphatic carbocycles. The first-order valence-electron chi connectivity index (χ1n) is 5.78. The van der Waals surface area contributed by atoms with E-state index >= 15 is 0 Å². The summed E-state index contributed by atoms with van der Waals surface area (Å²) in [5.41, 5.74) is 1.25. The van der Waals surface area contributed by atoms with Gasteiger partial charge in [0.1, 0.15) is 0 Å². The van der Waals surface area contributed by atoms with E-state index < -0.39 is 0 Å². The summed E-state index contributed by atoms with van der Waals surface area (Å²) in [4.78, 5) is 0. The predicted molar refractivity (Wildman–Crippen MR) is 73.1 cm³/mol. The fourth-order valence-corrected chi connectivity index (χ4v) is 2.39. The van der Waals surface area contributed by atoms with Gasteiger partial charge in [-0.1, -0.05) is 11.6 Å². The van der Waals surface area contributed by atoms with E-state index in [0.29, 0.717) is 19.3 Å². The van der Waals surface area contributed by atoms with Crippen molar-refractivity contribution in [2.24, 2.45) is 0 Å². The Morgan fingerprint density at radius 1 is 1.41 bits per heavy atom. The highest BCUT2D eigenvalue weighted by molar-refractivity contribution is 7.14. The molecule has 0 saturated carbocycles. The first kappa shape index (κ1) is 14.9. The van der Waals surface area contributed by atoms with Crippen LogP contribution >= 0.6 is 22.9 Å². The molecule has 0 bridgehead atoms. The summed E-state index contributed by atoms with van der Waals surface area (Å²) in [6.07, 6.45) is 1.01. The Morgan fingerprint density at radius 2 is 2.24 bits per heavy atom. The second-order valence-corrected chi connectivity index (χ2v) is 5.36. The average molecular weight is 278 g/mol. The van der Waals surface area contributed by atoms with Crippen LogP contribution in [0.3, 0.4) is 0 Å². The molecule has 0 fully saturated rings. The van der Waals surface area contributed by atoms with Crippen molar-refractivity contribution in [3.63, 3.8) is 0 Å². The van der Waals surface area contributed by atoms with Crippen LogP contribution in [0.1, 0.15) is 24.9 Å². The molecule has 0 radical (unpaired) electrons. The SMILES string of the molecule is COCCOCCCNC(C)c1csc(Cl)c1. The summed E-state index contributed by atoms with van der Waals surface area (Å²) in [5.74, 6) is 0. The van der Waals surface area contributed by atoms with E-state index in [0.717, 1.165) is 23.9 Å². The Kier molecular flexibility index (Phi) is 7.81. The van der Waals surface area contributed by atoms with Crippen molar-refractivity contribution < 1.29 is 9.47 Å². The smallest absolute Gasteiger partial charge is 0.0931 e. The molecule has 17 heavy (non-hydrogen) atoms. The second kappa shape index (κ2) is 8.89. The van der Waals surface area contributed by atoms with Gasteiger partial charge >= 0.3 is 0 Å². The standard InChI is InChI=1S/C12H20ClNO2S/c1-10(11-8-12(13)17-9-11)14-4-3-5-16-7-6-15-2/h8-10,14H,3-7H2,1-2H3. The van der Waals surface area contributed by atoms with Crippen LogP contribution in [0.2, 0.25) is 4.34 Å². The van der Waals surface area contributed by atoms with Gasteiger partial charge < -0.3 is 14.8 Å². The van der Waals surface area contributed by atoms with Crippen molar-refractivity contribution >= 4 is 22.9 Å². The van der Waals surface area contributed by atoms with E-state index in [9.17, 15) is 0 Å². The number of ether oxygens (including phenoxy) is 2. The molecule has 0 aliphatic rings. The van der Waals surface area contributed by atoms with Gasteiger partial charge in [-0.2, -0.15) is 0 Å². The third kappa shape index (κ3) is 6.38. The minimum absolute atomic E-state index is 0.345. The zero-order valence-corrected chi connectivity index (χ0v) is 11.9. The number of rotatable bonds is 9. The first-order valence-corrected chi connectivity index (χ1v) is 7.03. The second-order valence-electron chi connectivity index (χ2n) is 3.82. The molecule has 0 spiro atoms. The maximum absolute atomic E-state index is 5.90. The van der Waals surface area contributed by atoms with Crippen LogP contribution < -0.4 is 5.32 Å². The summed E-state index contributed by atoms with van der Waals surface area (Å²) in [6, 6.07) is 2.36. The van der Waals surface area contributed by atoms with Crippen LogP contribution in [0.15, 0.2) is 11.4 Å². The van der Waals surface area contributed by atoms with Crippen LogP contribution in [0.4, 0.5) is 0 Å². The van der Waals surface area contributed by atoms with Gasteiger partial charge in [0.25, 0.3) is 0 Å². The van der Waals surface area contributed by atoms with E-state index in [1.54, 1.807) is 18.4 Å². The van der Waals surface area contributed by atoms with Gasteiger partial charge in [0.05, 0.1) is 17.6 Å². The van der Waals surface area contributed by atoms with E-state index in [-0.39, 0.29) is 0 Å². The Labute approximate surface area is 112 Å². The molecule has 1 unspecified atom stereocenters. The number of methoxy groups -OCH3 is 1. The molecular weight excluding hydrogens is 258 g/mol. The van der Waals surface area contributed by atoms with Crippen molar-refractivity contribution in [3.8, 4) is 0 Å². The molecule has 1 atom stereocenters. The Hall–Kier alpha value is -0.130. The van der Waals surface area contributed by atoms with E-state index in [4.69, 9.17) is 21.1 Å². The molecule has 3 nitrogen and oxygen atoms in total. The molecule has 0 aliphatic heterocycles. The van der Waals surface area contributed by atoms with Gasteiger partial charge in [-0.05, 0) is 36.9 Å². The minimum atomic E-state index is 0.345. The molecule has 5 heteroatoms.